The van der Waals surface area contributed by atoms with Gasteiger partial charge < -0.3 is 0 Å². The lowest BCUT2D eigenvalue weighted by molar-refractivity contribution is 0.585. The van der Waals surface area contributed by atoms with Gasteiger partial charge in [-0.1, -0.05) is 6.07 Å². The summed E-state index contributed by atoms with van der Waals surface area (Å²) in [6.45, 7) is 0. The lowest BCUT2D eigenvalue weighted by atomic mass is 10.2. The minimum atomic E-state index is -0.581. The van der Waals surface area contributed by atoms with Gasteiger partial charge in [-0.2, -0.15) is 0 Å². The number of thiophene rings is 1. The molecule has 0 unspecified atom stereocenters. The van der Waals surface area contributed by atoms with Crippen LogP contribution in [0.5, 0.6) is 0 Å². The molecular formula is C13H7F2NS2. The SMILES string of the molecule is Fc1ccc(-c2ncc(-c3cccs3)s2)c(F)c1. The second-order valence-corrected chi connectivity index (χ2v) is 5.61. The number of nitrogens with zero attached hydrogens (tertiary/aromatic N) is 1. The Morgan fingerprint density at radius 2 is 1.94 bits per heavy atom. The largest absolute Gasteiger partial charge is 0.244 e. The number of aromatic nitrogens is 1. The number of hydrogen-bond donors (Lipinski definition) is 0. The van der Waals surface area contributed by atoms with Crippen molar-refractivity contribution in [3.05, 3.63) is 53.5 Å². The molecule has 0 spiro atoms. The fraction of sp³-hybridized carbons (Fsp3) is 0. The van der Waals surface area contributed by atoms with E-state index in [2.05, 4.69) is 4.98 Å². The lowest BCUT2D eigenvalue weighted by Crippen LogP contribution is -1.84. The maximum absolute atomic E-state index is 13.6. The van der Waals surface area contributed by atoms with Gasteiger partial charge in [0.1, 0.15) is 16.6 Å². The van der Waals surface area contributed by atoms with E-state index in [1.54, 1.807) is 17.5 Å². The van der Waals surface area contributed by atoms with Crippen molar-refractivity contribution in [3.8, 4) is 20.3 Å². The van der Waals surface area contributed by atoms with Crippen LogP contribution in [-0.4, -0.2) is 4.98 Å². The number of halogens is 2. The van der Waals surface area contributed by atoms with E-state index in [4.69, 9.17) is 0 Å². The van der Waals surface area contributed by atoms with Gasteiger partial charge in [0.05, 0.1) is 4.88 Å². The van der Waals surface area contributed by atoms with Crippen LogP contribution >= 0.6 is 22.7 Å². The molecular weight excluding hydrogens is 272 g/mol. The maximum Gasteiger partial charge on any atom is 0.136 e. The first-order valence-electron chi connectivity index (χ1n) is 5.19. The van der Waals surface area contributed by atoms with Gasteiger partial charge in [-0.15, -0.1) is 22.7 Å². The zero-order chi connectivity index (χ0) is 12.5. The molecule has 0 bridgehead atoms. The first kappa shape index (κ1) is 11.5. The molecule has 2 heterocycles. The second kappa shape index (κ2) is 4.59. The average Bonchev–Trinajstić information content (AvgIpc) is 2.99. The van der Waals surface area contributed by atoms with Gasteiger partial charge in [0.25, 0.3) is 0 Å². The van der Waals surface area contributed by atoms with Crippen molar-refractivity contribution in [2.45, 2.75) is 0 Å². The standard InChI is InChI=1S/C13H7F2NS2/c14-8-3-4-9(10(15)6-8)13-16-7-12(18-13)11-2-1-5-17-11/h1-7H. The van der Waals surface area contributed by atoms with E-state index in [-0.39, 0.29) is 0 Å². The van der Waals surface area contributed by atoms with Crippen molar-refractivity contribution in [2.24, 2.45) is 0 Å². The highest BCUT2D eigenvalue weighted by Gasteiger charge is 2.11. The predicted molar refractivity (Wildman–Crippen MR) is 70.8 cm³/mol. The molecule has 0 aliphatic rings. The molecule has 3 aromatic rings. The Hall–Kier alpha value is -1.59. The minimum absolute atomic E-state index is 0.337. The molecule has 0 radical (unpaired) electrons. The van der Waals surface area contributed by atoms with E-state index in [9.17, 15) is 8.78 Å². The molecule has 5 heteroatoms. The Morgan fingerprint density at radius 3 is 2.67 bits per heavy atom. The van der Waals surface area contributed by atoms with Crippen molar-refractivity contribution < 1.29 is 8.78 Å². The quantitative estimate of drug-likeness (QED) is 0.655. The topological polar surface area (TPSA) is 12.9 Å². The number of thiazole rings is 1. The summed E-state index contributed by atoms with van der Waals surface area (Å²) in [5.74, 6) is -1.16. The third-order valence-electron chi connectivity index (χ3n) is 2.43. The fourth-order valence-corrected chi connectivity index (χ4v) is 3.36. The van der Waals surface area contributed by atoms with Crippen molar-refractivity contribution >= 4 is 22.7 Å². The predicted octanol–water partition coefficient (Wildman–Crippen LogP) is 4.82. The van der Waals surface area contributed by atoms with Crippen LogP contribution in [0.4, 0.5) is 8.78 Å². The van der Waals surface area contributed by atoms with Crippen molar-refractivity contribution in [3.63, 3.8) is 0 Å². The molecule has 0 saturated carbocycles. The molecule has 0 N–H and O–H groups in total. The fourth-order valence-electron chi connectivity index (χ4n) is 1.59. The summed E-state index contributed by atoms with van der Waals surface area (Å²) < 4.78 is 26.5. The van der Waals surface area contributed by atoms with Gasteiger partial charge in [0.2, 0.25) is 0 Å². The summed E-state index contributed by atoms with van der Waals surface area (Å²) in [7, 11) is 0. The lowest BCUT2D eigenvalue weighted by Gasteiger charge is -1.98. The molecule has 18 heavy (non-hydrogen) atoms. The van der Waals surface area contributed by atoms with Crippen LogP contribution in [0.15, 0.2) is 41.9 Å². The monoisotopic (exact) mass is 279 g/mol. The Labute approximate surface area is 110 Å². The van der Waals surface area contributed by atoms with Crippen LogP contribution in [-0.2, 0) is 0 Å². The van der Waals surface area contributed by atoms with Gasteiger partial charge in [-0.05, 0) is 23.6 Å². The van der Waals surface area contributed by atoms with Crippen LogP contribution in [0.1, 0.15) is 0 Å². The summed E-state index contributed by atoms with van der Waals surface area (Å²) >= 11 is 3.01. The molecule has 3 rings (SSSR count). The van der Waals surface area contributed by atoms with Crippen molar-refractivity contribution in [1.29, 1.82) is 0 Å². The molecule has 0 aliphatic heterocycles. The van der Waals surface area contributed by atoms with Crippen LogP contribution in [0.3, 0.4) is 0 Å². The molecule has 0 saturated heterocycles. The summed E-state index contributed by atoms with van der Waals surface area (Å²) in [5, 5.41) is 2.55. The summed E-state index contributed by atoms with van der Waals surface area (Å²) in [5.41, 5.74) is 0.337. The molecule has 0 fully saturated rings. The van der Waals surface area contributed by atoms with E-state index >= 15 is 0 Å². The van der Waals surface area contributed by atoms with Gasteiger partial charge >= 0.3 is 0 Å². The summed E-state index contributed by atoms with van der Waals surface area (Å²) in [6.07, 6.45) is 1.72. The summed E-state index contributed by atoms with van der Waals surface area (Å²) in [4.78, 5) is 6.28. The van der Waals surface area contributed by atoms with E-state index in [0.717, 1.165) is 15.8 Å². The Balaban J connectivity index is 2.03. The van der Waals surface area contributed by atoms with Crippen LogP contribution in [0, 0.1) is 11.6 Å². The molecule has 90 valence electrons. The number of hydrogen-bond acceptors (Lipinski definition) is 3. The summed E-state index contributed by atoms with van der Waals surface area (Å²) in [6, 6.07) is 7.48. The van der Waals surface area contributed by atoms with E-state index in [1.165, 1.54) is 23.5 Å². The van der Waals surface area contributed by atoms with Crippen molar-refractivity contribution in [1.82, 2.24) is 4.98 Å². The van der Waals surface area contributed by atoms with Crippen LogP contribution < -0.4 is 0 Å². The second-order valence-electron chi connectivity index (χ2n) is 3.63. The van der Waals surface area contributed by atoms with Gasteiger partial charge in [-0.25, -0.2) is 13.8 Å². The molecule has 0 aliphatic carbocycles. The highest BCUT2D eigenvalue weighted by molar-refractivity contribution is 7.22. The third-order valence-corrected chi connectivity index (χ3v) is 4.53. The van der Waals surface area contributed by atoms with E-state index in [1.807, 2.05) is 17.5 Å². The van der Waals surface area contributed by atoms with Crippen molar-refractivity contribution in [2.75, 3.05) is 0 Å². The van der Waals surface area contributed by atoms with Gasteiger partial charge in [0.15, 0.2) is 0 Å². The van der Waals surface area contributed by atoms with E-state index < -0.39 is 11.6 Å². The number of benzene rings is 1. The highest BCUT2D eigenvalue weighted by Crippen LogP contribution is 2.35. The first-order valence-corrected chi connectivity index (χ1v) is 6.89. The van der Waals surface area contributed by atoms with E-state index in [0.29, 0.717) is 10.6 Å². The zero-order valence-electron chi connectivity index (χ0n) is 9.06. The highest BCUT2D eigenvalue weighted by atomic mass is 32.1. The smallest absolute Gasteiger partial charge is 0.136 e. The minimum Gasteiger partial charge on any atom is -0.244 e. The molecule has 2 aromatic heterocycles. The molecule has 1 aromatic carbocycles. The first-order chi connectivity index (χ1) is 8.74. The molecule has 1 nitrogen and oxygen atoms in total. The van der Waals surface area contributed by atoms with Crippen LogP contribution in [0.25, 0.3) is 20.3 Å². The van der Waals surface area contributed by atoms with Gasteiger partial charge in [0, 0.05) is 22.7 Å². The normalized spacial score (nSPS) is 10.8. The Kier molecular flexibility index (Phi) is 2.93. The molecule has 0 atom stereocenters. The number of rotatable bonds is 2. The Bertz CT molecular complexity index is 674. The zero-order valence-corrected chi connectivity index (χ0v) is 10.7. The maximum atomic E-state index is 13.6. The molecule has 0 amide bonds. The third kappa shape index (κ3) is 2.07. The Morgan fingerprint density at radius 1 is 1.06 bits per heavy atom. The average molecular weight is 279 g/mol. The van der Waals surface area contributed by atoms with Crippen LogP contribution in [0.2, 0.25) is 0 Å². The van der Waals surface area contributed by atoms with Gasteiger partial charge in [-0.3, -0.25) is 0 Å².